The number of hydrogen-bond acceptors (Lipinski definition) is 7. The summed E-state index contributed by atoms with van der Waals surface area (Å²) in [5.41, 5.74) is 0.919. The summed E-state index contributed by atoms with van der Waals surface area (Å²) in [5, 5.41) is 0. The highest BCUT2D eigenvalue weighted by Gasteiger charge is 2.28. The van der Waals surface area contributed by atoms with Gasteiger partial charge in [0.2, 0.25) is 16.8 Å². The third-order valence-electron chi connectivity index (χ3n) is 5.64. The van der Waals surface area contributed by atoms with Gasteiger partial charge < -0.3 is 19.1 Å². The number of piperazine rings is 1. The molecule has 1 fully saturated rings. The SMILES string of the molecule is COc1ccc(F)cc1S(=O)(=O)NC[C@H](c1ccc2c(c1)OCO2)N1CCN(C)CC1. The average molecular weight is 452 g/mol. The molecule has 1 N–H and O–H groups in total. The van der Waals surface area contributed by atoms with Crippen LogP contribution in [0, 0.1) is 5.82 Å². The van der Waals surface area contributed by atoms with E-state index >= 15 is 0 Å². The van der Waals surface area contributed by atoms with E-state index in [2.05, 4.69) is 21.6 Å². The smallest absolute Gasteiger partial charge is 0.244 e. The molecule has 31 heavy (non-hydrogen) atoms. The lowest BCUT2D eigenvalue weighted by Crippen LogP contribution is -2.48. The molecule has 0 aromatic heterocycles. The fourth-order valence-corrected chi connectivity index (χ4v) is 5.06. The summed E-state index contributed by atoms with van der Waals surface area (Å²) in [6, 6.07) is 8.86. The molecule has 2 heterocycles. The van der Waals surface area contributed by atoms with Crippen molar-refractivity contribution in [3.05, 3.63) is 47.8 Å². The van der Waals surface area contributed by atoms with E-state index in [1.165, 1.54) is 13.2 Å². The molecule has 0 spiro atoms. The van der Waals surface area contributed by atoms with Crippen molar-refractivity contribution in [1.29, 1.82) is 0 Å². The largest absolute Gasteiger partial charge is 0.495 e. The Morgan fingerprint density at radius 1 is 1.10 bits per heavy atom. The maximum absolute atomic E-state index is 13.7. The molecule has 0 unspecified atom stereocenters. The van der Waals surface area contributed by atoms with Gasteiger partial charge in [-0.15, -0.1) is 0 Å². The van der Waals surface area contributed by atoms with E-state index in [4.69, 9.17) is 14.2 Å². The monoisotopic (exact) mass is 451 g/mol. The maximum Gasteiger partial charge on any atom is 0.244 e. The van der Waals surface area contributed by atoms with Gasteiger partial charge in [0.15, 0.2) is 11.5 Å². The standard InChI is InChI=1S/C21H26FN3O5S/c1-24-7-9-25(10-8-24)17(15-3-5-18-20(11-15)30-14-29-18)13-23-31(26,27)21-12-16(22)4-6-19(21)28-2/h3-6,11-12,17,23H,7-10,13-14H2,1-2H3/t17-/m1/s1. The van der Waals surface area contributed by atoms with Crippen LogP contribution in [0.15, 0.2) is 41.3 Å². The topological polar surface area (TPSA) is 80.3 Å². The molecule has 2 aromatic rings. The number of ether oxygens (including phenoxy) is 3. The van der Waals surface area contributed by atoms with Gasteiger partial charge in [0.05, 0.1) is 7.11 Å². The summed E-state index contributed by atoms with van der Waals surface area (Å²) in [4.78, 5) is 4.25. The lowest BCUT2D eigenvalue weighted by atomic mass is 10.0. The zero-order valence-corrected chi connectivity index (χ0v) is 18.3. The van der Waals surface area contributed by atoms with Gasteiger partial charge in [-0.1, -0.05) is 6.07 Å². The summed E-state index contributed by atoms with van der Waals surface area (Å²) in [6.45, 7) is 3.63. The molecule has 8 nitrogen and oxygen atoms in total. The second-order valence-corrected chi connectivity index (χ2v) is 9.35. The maximum atomic E-state index is 13.7. The van der Waals surface area contributed by atoms with Crippen molar-refractivity contribution in [3.63, 3.8) is 0 Å². The molecule has 0 saturated carbocycles. The fraction of sp³-hybridized carbons (Fsp3) is 0.429. The van der Waals surface area contributed by atoms with Crippen molar-refractivity contribution in [2.45, 2.75) is 10.9 Å². The van der Waals surface area contributed by atoms with Gasteiger partial charge in [-0.3, -0.25) is 4.90 Å². The molecular weight excluding hydrogens is 425 g/mol. The fourth-order valence-electron chi connectivity index (χ4n) is 3.84. The van der Waals surface area contributed by atoms with E-state index in [0.717, 1.165) is 43.9 Å². The number of hydrogen-bond donors (Lipinski definition) is 1. The van der Waals surface area contributed by atoms with E-state index in [0.29, 0.717) is 11.5 Å². The first-order valence-corrected chi connectivity index (χ1v) is 11.5. The van der Waals surface area contributed by atoms with E-state index in [-0.39, 0.29) is 30.0 Å². The molecule has 2 aliphatic rings. The number of nitrogens with zero attached hydrogens (tertiary/aromatic N) is 2. The van der Waals surface area contributed by atoms with Crippen LogP contribution in [0.5, 0.6) is 17.2 Å². The molecule has 4 rings (SSSR count). The van der Waals surface area contributed by atoms with Crippen LogP contribution in [0.2, 0.25) is 0 Å². The van der Waals surface area contributed by atoms with Crippen molar-refractivity contribution in [1.82, 2.24) is 14.5 Å². The second-order valence-electron chi connectivity index (χ2n) is 7.61. The number of benzene rings is 2. The number of rotatable bonds is 7. The van der Waals surface area contributed by atoms with E-state index in [1.54, 1.807) is 0 Å². The number of nitrogens with one attached hydrogen (secondary N) is 1. The Bertz CT molecular complexity index is 1040. The molecule has 2 aromatic carbocycles. The highest BCUT2D eigenvalue weighted by molar-refractivity contribution is 7.89. The third-order valence-corrected chi connectivity index (χ3v) is 7.09. The Morgan fingerprint density at radius 2 is 1.84 bits per heavy atom. The van der Waals surface area contributed by atoms with Crippen molar-refractivity contribution >= 4 is 10.0 Å². The highest BCUT2D eigenvalue weighted by Crippen LogP contribution is 2.36. The minimum Gasteiger partial charge on any atom is -0.495 e. The summed E-state index contributed by atoms with van der Waals surface area (Å²) in [7, 11) is -0.583. The Labute approximate surface area is 181 Å². The number of halogens is 1. The minimum atomic E-state index is -4.00. The van der Waals surface area contributed by atoms with Crippen LogP contribution in [0.1, 0.15) is 11.6 Å². The van der Waals surface area contributed by atoms with Crippen molar-refractivity contribution < 1.29 is 27.0 Å². The van der Waals surface area contributed by atoms with Crippen LogP contribution in [0.25, 0.3) is 0 Å². The number of sulfonamides is 1. The lowest BCUT2D eigenvalue weighted by molar-refractivity contribution is 0.112. The highest BCUT2D eigenvalue weighted by atomic mass is 32.2. The summed E-state index contributed by atoms with van der Waals surface area (Å²) < 4.78 is 58.4. The van der Waals surface area contributed by atoms with Gasteiger partial charge in [-0.25, -0.2) is 17.5 Å². The predicted molar refractivity (Wildman–Crippen MR) is 113 cm³/mol. The molecular formula is C21H26FN3O5S. The first-order chi connectivity index (χ1) is 14.9. The normalized spacial score (nSPS) is 18.2. The second kappa shape index (κ2) is 8.99. The quantitative estimate of drug-likeness (QED) is 0.688. The van der Waals surface area contributed by atoms with Gasteiger partial charge in [-0.2, -0.15) is 0 Å². The zero-order chi connectivity index (χ0) is 22.0. The lowest BCUT2D eigenvalue weighted by Gasteiger charge is -2.38. The van der Waals surface area contributed by atoms with Crippen LogP contribution in [-0.2, 0) is 10.0 Å². The van der Waals surface area contributed by atoms with Crippen LogP contribution in [-0.4, -0.2) is 71.9 Å². The number of likely N-dealkylation sites (N-methyl/N-ethyl adjacent to an activating group) is 1. The Hall–Kier alpha value is -2.40. The molecule has 0 radical (unpaired) electrons. The van der Waals surface area contributed by atoms with Gasteiger partial charge >= 0.3 is 0 Å². The van der Waals surface area contributed by atoms with Gasteiger partial charge in [0.1, 0.15) is 16.5 Å². The molecule has 0 bridgehead atoms. The third kappa shape index (κ3) is 4.77. The van der Waals surface area contributed by atoms with Gasteiger partial charge in [-0.05, 0) is 42.9 Å². The Morgan fingerprint density at radius 3 is 2.58 bits per heavy atom. The van der Waals surface area contributed by atoms with Crippen molar-refractivity contribution in [3.8, 4) is 17.2 Å². The summed E-state index contributed by atoms with van der Waals surface area (Å²) in [6.07, 6.45) is 0. The zero-order valence-electron chi connectivity index (χ0n) is 17.5. The summed E-state index contributed by atoms with van der Waals surface area (Å²) in [5.74, 6) is 0.762. The van der Waals surface area contributed by atoms with Crippen LogP contribution in [0.3, 0.4) is 0 Å². The predicted octanol–water partition coefficient (Wildman–Crippen LogP) is 1.83. The molecule has 1 saturated heterocycles. The first kappa shape index (κ1) is 21.8. The van der Waals surface area contributed by atoms with Gasteiger partial charge in [0.25, 0.3) is 0 Å². The molecule has 0 amide bonds. The molecule has 1 atom stereocenters. The molecule has 2 aliphatic heterocycles. The molecule has 0 aliphatic carbocycles. The van der Waals surface area contributed by atoms with Crippen molar-refractivity contribution in [2.24, 2.45) is 0 Å². The van der Waals surface area contributed by atoms with Crippen LogP contribution >= 0.6 is 0 Å². The van der Waals surface area contributed by atoms with Crippen LogP contribution < -0.4 is 18.9 Å². The van der Waals surface area contributed by atoms with E-state index in [1.807, 2.05) is 18.2 Å². The Kier molecular flexibility index (Phi) is 6.33. The molecule has 168 valence electrons. The van der Waals surface area contributed by atoms with Crippen molar-refractivity contribution in [2.75, 3.05) is 53.7 Å². The Balaban J connectivity index is 1.60. The van der Waals surface area contributed by atoms with E-state index < -0.39 is 15.8 Å². The summed E-state index contributed by atoms with van der Waals surface area (Å²) >= 11 is 0. The first-order valence-electron chi connectivity index (χ1n) is 10.0. The van der Waals surface area contributed by atoms with E-state index in [9.17, 15) is 12.8 Å². The van der Waals surface area contributed by atoms with Crippen LogP contribution in [0.4, 0.5) is 4.39 Å². The minimum absolute atomic E-state index is 0.0909. The van der Waals surface area contributed by atoms with Gasteiger partial charge in [0, 0.05) is 38.8 Å². The number of methoxy groups -OCH3 is 1. The number of fused-ring (bicyclic) bond motifs is 1. The average Bonchev–Trinajstić information content (AvgIpc) is 3.23. The molecule has 10 heteroatoms.